The summed E-state index contributed by atoms with van der Waals surface area (Å²) in [5.41, 5.74) is 4.07. The molecular formula is C9H6FNO3. The summed E-state index contributed by atoms with van der Waals surface area (Å²) >= 11 is 0. The molecule has 0 radical (unpaired) electrons. The third kappa shape index (κ3) is 1.10. The van der Waals surface area contributed by atoms with Crippen LogP contribution in [0.3, 0.4) is 0 Å². The van der Waals surface area contributed by atoms with Gasteiger partial charge in [-0.1, -0.05) is 0 Å². The number of benzene rings is 1. The molecule has 2 rings (SSSR count). The van der Waals surface area contributed by atoms with Crippen LogP contribution in [0, 0.1) is 5.82 Å². The molecule has 1 heterocycles. The quantitative estimate of drug-likeness (QED) is 0.619. The summed E-state index contributed by atoms with van der Waals surface area (Å²) in [4.78, 5) is 11.0. The van der Waals surface area contributed by atoms with Crippen LogP contribution in [-0.2, 0) is 0 Å². The normalized spacial score (nSPS) is 10.6. The number of hydrogen-bond donors (Lipinski definition) is 2. The van der Waals surface area contributed by atoms with Crippen molar-refractivity contribution >= 4 is 16.7 Å². The molecule has 0 saturated heterocycles. The Morgan fingerprint density at radius 3 is 2.86 bits per heavy atom. The first-order valence-corrected chi connectivity index (χ1v) is 3.80. The van der Waals surface area contributed by atoms with Crippen LogP contribution < -0.4 is 11.4 Å². The Kier molecular flexibility index (Phi) is 1.67. The Bertz CT molecular complexity index is 562. The van der Waals surface area contributed by atoms with Crippen molar-refractivity contribution in [3.8, 4) is 5.75 Å². The zero-order valence-corrected chi connectivity index (χ0v) is 6.95. The molecule has 3 N–H and O–H groups in total. The molecule has 5 heteroatoms. The fourth-order valence-corrected chi connectivity index (χ4v) is 1.17. The van der Waals surface area contributed by atoms with E-state index in [-0.39, 0.29) is 11.0 Å². The summed E-state index contributed by atoms with van der Waals surface area (Å²) in [7, 11) is 0. The fourth-order valence-electron chi connectivity index (χ4n) is 1.17. The highest BCUT2D eigenvalue weighted by atomic mass is 19.1. The van der Waals surface area contributed by atoms with Crippen molar-refractivity contribution < 1.29 is 13.9 Å². The molecule has 0 spiro atoms. The number of nitrogen functional groups attached to an aromatic ring is 1. The largest absolute Gasteiger partial charge is 0.505 e. The van der Waals surface area contributed by atoms with E-state index in [4.69, 9.17) is 10.2 Å². The molecular weight excluding hydrogens is 189 g/mol. The molecule has 0 amide bonds. The Hall–Kier alpha value is -2.04. The van der Waals surface area contributed by atoms with Gasteiger partial charge in [-0.05, 0) is 18.2 Å². The summed E-state index contributed by atoms with van der Waals surface area (Å²) in [6, 6.07) is 3.43. The highest BCUT2D eigenvalue weighted by Gasteiger charge is 2.10. The Morgan fingerprint density at radius 1 is 1.43 bits per heavy atom. The summed E-state index contributed by atoms with van der Waals surface area (Å²) in [5.74, 6) is -0.989. The minimum Gasteiger partial charge on any atom is -0.505 e. The number of halogens is 1. The lowest BCUT2D eigenvalue weighted by Gasteiger charge is -2.01. The highest BCUT2D eigenvalue weighted by Crippen LogP contribution is 2.27. The van der Waals surface area contributed by atoms with Gasteiger partial charge >= 0.3 is 5.63 Å². The zero-order valence-electron chi connectivity index (χ0n) is 6.95. The van der Waals surface area contributed by atoms with Crippen LogP contribution in [0.25, 0.3) is 11.0 Å². The first-order chi connectivity index (χ1) is 6.59. The predicted molar refractivity (Wildman–Crippen MR) is 48.5 cm³/mol. The molecule has 72 valence electrons. The third-order valence-electron chi connectivity index (χ3n) is 1.87. The van der Waals surface area contributed by atoms with Crippen molar-refractivity contribution in [2.24, 2.45) is 0 Å². The van der Waals surface area contributed by atoms with Crippen molar-refractivity contribution in [2.45, 2.75) is 0 Å². The predicted octanol–water partition coefficient (Wildman–Crippen LogP) is 1.22. The van der Waals surface area contributed by atoms with Crippen molar-refractivity contribution in [3.05, 3.63) is 34.4 Å². The van der Waals surface area contributed by atoms with Gasteiger partial charge in [0, 0.05) is 0 Å². The van der Waals surface area contributed by atoms with Gasteiger partial charge in [0.2, 0.25) is 0 Å². The highest BCUT2D eigenvalue weighted by molar-refractivity contribution is 5.87. The topological polar surface area (TPSA) is 76.5 Å². The monoisotopic (exact) mass is 195 g/mol. The number of hydrogen-bond acceptors (Lipinski definition) is 4. The lowest BCUT2D eigenvalue weighted by atomic mass is 10.2. The van der Waals surface area contributed by atoms with Crippen LogP contribution in [0.5, 0.6) is 5.75 Å². The third-order valence-corrected chi connectivity index (χ3v) is 1.87. The van der Waals surface area contributed by atoms with Gasteiger partial charge in [0.05, 0.1) is 5.39 Å². The van der Waals surface area contributed by atoms with Gasteiger partial charge in [-0.25, -0.2) is 9.18 Å². The van der Waals surface area contributed by atoms with Crippen LogP contribution >= 0.6 is 0 Å². The molecule has 2 aromatic rings. The molecule has 0 bridgehead atoms. The Labute approximate surface area is 77.4 Å². The molecule has 0 fully saturated rings. The van der Waals surface area contributed by atoms with Crippen molar-refractivity contribution in [3.63, 3.8) is 0 Å². The summed E-state index contributed by atoms with van der Waals surface area (Å²) in [6.07, 6.45) is 0. The smallest absolute Gasteiger partial charge is 0.363 e. The van der Waals surface area contributed by atoms with E-state index in [1.165, 1.54) is 6.07 Å². The number of aromatic hydroxyl groups is 1. The first-order valence-electron chi connectivity index (χ1n) is 3.80. The standard InChI is InChI=1S/C9H6FNO3/c10-4-1-2-6-5(3-4)8(12)7(11)9(13)14-6/h1-3,12H,11H2. The van der Waals surface area contributed by atoms with Crippen LogP contribution in [0.1, 0.15) is 0 Å². The van der Waals surface area contributed by atoms with Gasteiger partial charge in [-0.3, -0.25) is 0 Å². The number of fused-ring (bicyclic) bond motifs is 1. The Morgan fingerprint density at radius 2 is 2.14 bits per heavy atom. The van der Waals surface area contributed by atoms with Crippen LogP contribution in [0.2, 0.25) is 0 Å². The van der Waals surface area contributed by atoms with E-state index in [1.54, 1.807) is 0 Å². The van der Waals surface area contributed by atoms with E-state index < -0.39 is 22.9 Å². The molecule has 0 saturated carbocycles. The van der Waals surface area contributed by atoms with Gasteiger partial charge in [-0.2, -0.15) is 0 Å². The second-order valence-corrected chi connectivity index (χ2v) is 2.79. The van der Waals surface area contributed by atoms with Crippen molar-refractivity contribution in [1.82, 2.24) is 0 Å². The number of anilines is 1. The van der Waals surface area contributed by atoms with E-state index in [9.17, 15) is 14.3 Å². The molecule has 1 aromatic heterocycles. The summed E-state index contributed by atoms with van der Waals surface area (Å²) < 4.78 is 17.5. The molecule has 0 aliphatic carbocycles. The summed E-state index contributed by atoms with van der Waals surface area (Å²) in [5, 5.41) is 9.50. The molecule has 0 aliphatic heterocycles. The average Bonchev–Trinajstić information content (AvgIpc) is 2.16. The van der Waals surface area contributed by atoms with E-state index >= 15 is 0 Å². The maximum Gasteiger partial charge on any atom is 0.363 e. The average molecular weight is 195 g/mol. The molecule has 0 aliphatic rings. The van der Waals surface area contributed by atoms with Crippen LogP contribution in [-0.4, -0.2) is 5.11 Å². The molecule has 0 unspecified atom stereocenters. The molecule has 14 heavy (non-hydrogen) atoms. The first kappa shape index (κ1) is 8.55. The second kappa shape index (κ2) is 2.73. The van der Waals surface area contributed by atoms with Gasteiger partial charge in [0.1, 0.15) is 11.4 Å². The fraction of sp³-hybridized carbons (Fsp3) is 0. The van der Waals surface area contributed by atoms with E-state index in [0.717, 1.165) is 12.1 Å². The SMILES string of the molecule is Nc1c(O)c2cc(F)ccc2oc1=O. The van der Waals surface area contributed by atoms with Gasteiger partial charge in [0.15, 0.2) is 11.4 Å². The van der Waals surface area contributed by atoms with E-state index in [1.807, 2.05) is 0 Å². The van der Waals surface area contributed by atoms with Crippen molar-refractivity contribution in [2.75, 3.05) is 5.73 Å². The van der Waals surface area contributed by atoms with Gasteiger partial charge in [-0.15, -0.1) is 0 Å². The van der Waals surface area contributed by atoms with E-state index in [2.05, 4.69) is 0 Å². The lowest BCUT2D eigenvalue weighted by molar-refractivity contribution is 0.471. The number of rotatable bonds is 0. The van der Waals surface area contributed by atoms with Crippen LogP contribution in [0.15, 0.2) is 27.4 Å². The zero-order chi connectivity index (χ0) is 10.3. The minimum absolute atomic E-state index is 0.0853. The maximum absolute atomic E-state index is 12.8. The molecule has 1 aromatic carbocycles. The molecule has 0 atom stereocenters. The number of nitrogens with two attached hydrogens (primary N) is 1. The lowest BCUT2D eigenvalue weighted by Crippen LogP contribution is -2.06. The van der Waals surface area contributed by atoms with Crippen LogP contribution in [0.4, 0.5) is 10.1 Å². The van der Waals surface area contributed by atoms with E-state index in [0.29, 0.717) is 0 Å². The van der Waals surface area contributed by atoms with Gasteiger partial charge in [0.25, 0.3) is 0 Å². The maximum atomic E-state index is 12.8. The Balaban J connectivity index is 2.99. The van der Waals surface area contributed by atoms with Gasteiger partial charge < -0.3 is 15.3 Å². The second-order valence-electron chi connectivity index (χ2n) is 2.79. The molecule has 4 nitrogen and oxygen atoms in total. The van der Waals surface area contributed by atoms with Crippen molar-refractivity contribution in [1.29, 1.82) is 0 Å². The summed E-state index contributed by atoms with van der Waals surface area (Å²) in [6.45, 7) is 0. The minimum atomic E-state index is -0.832.